The van der Waals surface area contributed by atoms with Gasteiger partial charge in [-0.3, -0.25) is 19.2 Å². The quantitative estimate of drug-likeness (QED) is 0.255. The minimum atomic E-state index is -1.28. The lowest BCUT2D eigenvalue weighted by atomic mass is 9.97. The van der Waals surface area contributed by atoms with Gasteiger partial charge in [0.05, 0.1) is 19.6 Å². The van der Waals surface area contributed by atoms with E-state index in [4.69, 9.17) is 15.2 Å². The molecular weight excluding hydrogens is 496 g/mol. The average molecular weight is 537 g/mol. The first-order valence-electron chi connectivity index (χ1n) is 12.5. The molecule has 2 unspecified atom stereocenters. The molecule has 212 valence electrons. The van der Waals surface area contributed by atoms with Crippen LogP contribution < -0.4 is 16.4 Å². The number of nitrogens with one attached hydrogen (secondary N) is 2. The maximum atomic E-state index is 13.8. The van der Waals surface area contributed by atoms with E-state index in [-0.39, 0.29) is 39.0 Å². The van der Waals surface area contributed by atoms with Crippen LogP contribution in [0, 0.1) is 6.92 Å². The van der Waals surface area contributed by atoms with Crippen molar-refractivity contribution in [2.24, 2.45) is 5.73 Å². The smallest absolute Gasteiger partial charge is 0.408 e. The largest absolute Gasteiger partial charge is 0.466 e. The van der Waals surface area contributed by atoms with Crippen LogP contribution >= 0.6 is 0 Å². The van der Waals surface area contributed by atoms with Crippen molar-refractivity contribution in [3.8, 4) is 0 Å². The molecule has 0 aromatic heterocycles. The van der Waals surface area contributed by atoms with E-state index in [1.54, 1.807) is 58.9 Å². The van der Waals surface area contributed by atoms with Crippen LogP contribution in [0.5, 0.6) is 0 Å². The highest BCUT2D eigenvalue weighted by Gasteiger charge is 2.36. The van der Waals surface area contributed by atoms with Crippen LogP contribution in [0.25, 0.3) is 0 Å². The molecule has 1 aromatic carbocycles. The van der Waals surface area contributed by atoms with Crippen molar-refractivity contribution >= 4 is 29.8 Å². The molecule has 4 amide bonds. The molecule has 0 saturated heterocycles. The van der Waals surface area contributed by atoms with E-state index in [1.807, 2.05) is 0 Å². The summed E-state index contributed by atoms with van der Waals surface area (Å²) >= 11 is 0. The highest BCUT2D eigenvalue weighted by Crippen LogP contribution is 2.26. The number of hydrogen-bond acceptors (Lipinski definition) is 8. The molecule has 1 aromatic rings. The zero-order chi connectivity index (χ0) is 28.9. The Balaban J connectivity index is 3.37. The van der Waals surface area contributed by atoms with Gasteiger partial charge in [-0.15, -0.1) is 0 Å². The standard InChI is InChI=1S/C26H40N4O8/c1-6-37-21(33)13-14-28-23(34)22(18-10-8-7-9-17(18)2)30(15-16-31)24(35)19(11-12-20(27)32)29-25(36)38-26(3,4)5/h7-10,19,22,31H,6,11-16H2,1-5H3,(H2,27,32)(H,28,34)(H,29,36). The molecule has 0 spiro atoms. The number of amides is 4. The van der Waals surface area contributed by atoms with E-state index in [2.05, 4.69) is 10.6 Å². The number of aliphatic hydroxyl groups is 1. The summed E-state index contributed by atoms with van der Waals surface area (Å²) in [6.45, 7) is 7.81. The van der Waals surface area contributed by atoms with Gasteiger partial charge in [-0.05, 0) is 52.2 Å². The molecule has 12 nitrogen and oxygen atoms in total. The molecule has 2 atom stereocenters. The Kier molecular flexibility index (Phi) is 13.2. The Bertz CT molecular complexity index is 976. The number of carbonyl (C=O) groups is 5. The second-order valence-corrected chi connectivity index (χ2v) is 9.56. The molecule has 0 saturated carbocycles. The average Bonchev–Trinajstić information content (AvgIpc) is 2.81. The lowest BCUT2D eigenvalue weighted by molar-refractivity contribution is -0.144. The second-order valence-electron chi connectivity index (χ2n) is 9.56. The summed E-state index contributed by atoms with van der Waals surface area (Å²) in [7, 11) is 0. The van der Waals surface area contributed by atoms with Crippen molar-refractivity contribution in [1.82, 2.24) is 15.5 Å². The highest BCUT2D eigenvalue weighted by molar-refractivity contribution is 5.92. The first-order chi connectivity index (χ1) is 17.8. The molecule has 38 heavy (non-hydrogen) atoms. The van der Waals surface area contributed by atoms with Crippen LogP contribution in [0.1, 0.15) is 64.1 Å². The van der Waals surface area contributed by atoms with Gasteiger partial charge < -0.3 is 35.8 Å². The predicted octanol–water partition coefficient (Wildman–Crippen LogP) is 1.09. The number of alkyl carbamates (subject to hydrolysis) is 1. The molecule has 0 heterocycles. The Morgan fingerprint density at radius 3 is 2.32 bits per heavy atom. The number of rotatable bonds is 14. The molecule has 5 N–H and O–H groups in total. The molecule has 0 aliphatic carbocycles. The number of nitrogens with two attached hydrogens (primary N) is 1. The fourth-order valence-corrected chi connectivity index (χ4v) is 3.63. The van der Waals surface area contributed by atoms with E-state index in [0.717, 1.165) is 4.90 Å². The molecule has 0 aliphatic heterocycles. The number of aliphatic hydroxyl groups excluding tert-OH is 1. The van der Waals surface area contributed by atoms with Gasteiger partial charge in [-0.1, -0.05) is 24.3 Å². The summed E-state index contributed by atoms with van der Waals surface area (Å²) in [5.74, 6) is -2.50. The van der Waals surface area contributed by atoms with Crippen molar-refractivity contribution in [3.05, 3.63) is 35.4 Å². The topological polar surface area (TPSA) is 177 Å². The van der Waals surface area contributed by atoms with Gasteiger partial charge in [0.25, 0.3) is 0 Å². The fourth-order valence-electron chi connectivity index (χ4n) is 3.63. The van der Waals surface area contributed by atoms with Crippen molar-refractivity contribution in [3.63, 3.8) is 0 Å². The van der Waals surface area contributed by atoms with Gasteiger partial charge in [0, 0.05) is 19.5 Å². The number of ether oxygens (including phenoxy) is 2. The molecule has 0 radical (unpaired) electrons. The summed E-state index contributed by atoms with van der Waals surface area (Å²) in [5.41, 5.74) is 5.60. The minimum absolute atomic E-state index is 0.0392. The lowest BCUT2D eigenvalue weighted by Crippen LogP contribution is -2.54. The number of carbonyl (C=O) groups excluding carboxylic acids is 5. The highest BCUT2D eigenvalue weighted by atomic mass is 16.6. The summed E-state index contributed by atoms with van der Waals surface area (Å²) < 4.78 is 10.1. The number of esters is 1. The van der Waals surface area contributed by atoms with Crippen LogP contribution in [0.4, 0.5) is 4.79 Å². The molecule has 0 aliphatic rings. The van der Waals surface area contributed by atoms with Gasteiger partial charge in [0.2, 0.25) is 17.7 Å². The van der Waals surface area contributed by atoms with Crippen molar-refractivity contribution < 1.29 is 38.6 Å². The van der Waals surface area contributed by atoms with E-state index in [9.17, 15) is 29.1 Å². The van der Waals surface area contributed by atoms with E-state index in [0.29, 0.717) is 11.1 Å². The first-order valence-corrected chi connectivity index (χ1v) is 12.5. The van der Waals surface area contributed by atoms with Crippen LogP contribution in [-0.2, 0) is 28.7 Å². The first kappa shape index (κ1) is 32.4. The Labute approximate surface area is 223 Å². The van der Waals surface area contributed by atoms with Gasteiger partial charge in [-0.2, -0.15) is 0 Å². The van der Waals surface area contributed by atoms with E-state index >= 15 is 0 Å². The predicted molar refractivity (Wildman–Crippen MR) is 139 cm³/mol. The second kappa shape index (κ2) is 15.6. The van der Waals surface area contributed by atoms with Gasteiger partial charge in [-0.25, -0.2) is 4.79 Å². The van der Waals surface area contributed by atoms with Gasteiger partial charge in [0.1, 0.15) is 17.7 Å². The number of primary amides is 1. The summed E-state index contributed by atoms with van der Waals surface area (Å²) in [4.78, 5) is 64.0. The summed E-state index contributed by atoms with van der Waals surface area (Å²) in [6, 6.07) is 4.41. The maximum absolute atomic E-state index is 13.8. The zero-order valence-electron chi connectivity index (χ0n) is 22.7. The van der Waals surface area contributed by atoms with Crippen LogP contribution in [0.3, 0.4) is 0 Å². The monoisotopic (exact) mass is 536 g/mol. The number of benzene rings is 1. The summed E-state index contributed by atoms with van der Waals surface area (Å²) in [6.07, 6.45) is -1.34. The van der Waals surface area contributed by atoms with Gasteiger partial charge in [0.15, 0.2) is 0 Å². The van der Waals surface area contributed by atoms with Crippen molar-refractivity contribution in [1.29, 1.82) is 0 Å². The van der Waals surface area contributed by atoms with E-state index < -0.39 is 54.1 Å². The van der Waals surface area contributed by atoms with Crippen LogP contribution in [0.15, 0.2) is 24.3 Å². The number of nitrogens with zero attached hydrogens (tertiary/aromatic N) is 1. The molecule has 0 fully saturated rings. The SMILES string of the molecule is CCOC(=O)CCNC(=O)C(c1ccccc1C)N(CCO)C(=O)C(CCC(N)=O)NC(=O)OC(C)(C)C. The number of aryl methyl sites for hydroxylation is 1. The zero-order valence-corrected chi connectivity index (χ0v) is 22.7. The summed E-state index contributed by atoms with van der Waals surface area (Å²) in [5, 5.41) is 14.9. The Morgan fingerprint density at radius 1 is 1.11 bits per heavy atom. The maximum Gasteiger partial charge on any atom is 0.408 e. The van der Waals surface area contributed by atoms with Crippen LogP contribution in [-0.4, -0.2) is 77.7 Å². The van der Waals surface area contributed by atoms with Crippen LogP contribution in [0.2, 0.25) is 0 Å². The number of hydrogen-bond donors (Lipinski definition) is 4. The third kappa shape index (κ3) is 11.2. The van der Waals surface area contributed by atoms with E-state index in [1.165, 1.54) is 0 Å². The van der Waals surface area contributed by atoms with Crippen molar-refractivity contribution in [2.45, 2.75) is 71.6 Å². The Hall–Kier alpha value is -3.67. The molecule has 12 heteroatoms. The van der Waals surface area contributed by atoms with Gasteiger partial charge >= 0.3 is 12.1 Å². The molecule has 0 bridgehead atoms. The normalized spacial score (nSPS) is 12.6. The lowest BCUT2D eigenvalue weighted by Gasteiger charge is -2.34. The fraction of sp³-hybridized carbons (Fsp3) is 0.577. The minimum Gasteiger partial charge on any atom is -0.466 e. The van der Waals surface area contributed by atoms with Crippen molar-refractivity contribution in [2.75, 3.05) is 26.3 Å². The third-order valence-electron chi connectivity index (χ3n) is 5.27. The molecular formula is C26H40N4O8. The Morgan fingerprint density at radius 2 is 1.76 bits per heavy atom. The molecule has 1 rings (SSSR count). The third-order valence-corrected chi connectivity index (χ3v) is 5.27.